The number of ether oxygens (including phenoxy) is 4. The van der Waals surface area contributed by atoms with Gasteiger partial charge < -0.3 is 33.8 Å². The average Bonchev–Trinajstić information content (AvgIpc) is 2.43. The third-order valence-corrected chi connectivity index (χ3v) is 19.3. The van der Waals surface area contributed by atoms with E-state index in [1.807, 2.05) is 0 Å². The van der Waals surface area contributed by atoms with Gasteiger partial charge in [0.25, 0.3) is 0 Å². The van der Waals surface area contributed by atoms with Crippen molar-refractivity contribution in [2.24, 2.45) is 0 Å². The van der Waals surface area contributed by atoms with Crippen molar-refractivity contribution in [1.82, 2.24) is 0 Å². The molecule has 0 fully saturated rings. The van der Waals surface area contributed by atoms with Gasteiger partial charge in [0, 0.05) is 25.7 Å². The Kier molecular flexibility index (Phi) is 67.1. The molecule has 0 aliphatic heterocycles. The van der Waals surface area contributed by atoms with E-state index in [0.29, 0.717) is 25.7 Å². The fraction of sp³-hybridized carbons (Fsp3) is 0.946. The van der Waals surface area contributed by atoms with Crippen molar-refractivity contribution in [3.8, 4) is 0 Å². The van der Waals surface area contributed by atoms with Crippen molar-refractivity contribution in [3.05, 3.63) is 0 Å². The fourth-order valence-corrected chi connectivity index (χ4v) is 13.0. The molecule has 0 saturated carbocycles. The zero-order valence-corrected chi connectivity index (χ0v) is 62.0. The first-order chi connectivity index (χ1) is 45.2. The molecule has 0 rings (SSSR count). The van der Waals surface area contributed by atoms with Crippen LogP contribution in [0.25, 0.3) is 0 Å². The van der Waals surface area contributed by atoms with Crippen LogP contribution in [0.3, 0.4) is 0 Å². The van der Waals surface area contributed by atoms with E-state index in [0.717, 1.165) is 89.9 Å². The van der Waals surface area contributed by atoms with E-state index in [-0.39, 0.29) is 25.7 Å². The van der Waals surface area contributed by atoms with Gasteiger partial charge in [0.05, 0.1) is 26.4 Å². The van der Waals surface area contributed by atoms with Crippen LogP contribution < -0.4 is 0 Å². The number of hydrogen-bond donors (Lipinski definition) is 3. The number of esters is 4. The molecule has 2 unspecified atom stereocenters. The number of phosphoric acid groups is 2. The first-order valence-corrected chi connectivity index (χ1v) is 41.8. The zero-order chi connectivity index (χ0) is 68.2. The Morgan fingerprint density at radius 1 is 0.258 bits per heavy atom. The van der Waals surface area contributed by atoms with E-state index < -0.39 is 97.5 Å². The fourth-order valence-electron chi connectivity index (χ4n) is 11.4. The van der Waals surface area contributed by atoms with Crippen LogP contribution >= 0.6 is 15.6 Å². The summed E-state index contributed by atoms with van der Waals surface area (Å²) >= 11 is 0. The molecule has 0 amide bonds. The molecule has 0 spiro atoms. The lowest BCUT2D eigenvalue weighted by atomic mass is 10.0. The molecule has 0 aromatic carbocycles. The lowest BCUT2D eigenvalue weighted by molar-refractivity contribution is -0.161. The average molecular weight is 1370 g/mol. The second-order valence-corrected chi connectivity index (χ2v) is 29.6. The van der Waals surface area contributed by atoms with E-state index in [1.54, 1.807) is 0 Å². The van der Waals surface area contributed by atoms with Gasteiger partial charge in [0.1, 0.15) is 19.3 Å². The Hall–Kier alpha value is -1.94. The summed E-state index contributed by atoms with van der Waals surface area (Å²) < 4.78 is 68.4. The highest BCUT2D eigenvalue weighted by molar-refractivity contribution is 7.47. The lowest BCUT2D eigenvalue weighted by Crippen LogP contribution is -2.30. The molecule has 552 valence electrons. The van der Waals surface area contributed by atoms with Crippen molar-refractivity contribution in [3.63, 3.8) is 0 Å². The molecule has 19 heteroatoms. The number of carbonyl (C=O) groups excluding carboxylic acids is 4. The molecule has 0 aliphatic rings. The molecule has 0 aromatic heterocycles. The molecule has 93 heavy (non-hydrogen) atoms. The van der Waals surface area contributed by atoms with Gasteiger partial charge in [-0.1, -0.05) is 342 Å². The van der Waals surface area contributed by atoms with Gasteiger partial charge in [0.15, 0.2) is 12.2 Å². The van der Waals surface area contributed by atoms with Crippen LogP contribution in [0.15, 0.2) is 0 Å². The van der Waals surface area contributed by atoms with Crippen molar-refractivity contribution in [2.75, 3.05) is 39.6 Å². The number of aliphatic hydroxyl groups excluding tert-OH is 1. The van der Waals surface area contributed by atoms with Gasteiger partial charge in [-0.2, -0.15) is 0 Å². The number of rotatable bonds is 75. The first-order valence-electron chi connectivity index (χ1n) is 38.8. The number of unbranched alkanes of at least 4 members (excludes halogenated alkanes) is 49. The van der Waals surface area contributed by atoms with Gasteiger partial charge in [-0.05, 0) is 25.7 Å². The zero-order valence-electron chi connectivity index (χ0n) is 60.2. The van der Waals surface area contributed by atoms with Crippen molar-refractivity contribution < 1.29 is 80.2 Å². The number of phosphoric ester groups is 2. The Labute approximate surface area is 568 Å². The summed E-state index contributed by atoms with van der Waals surface area (Å²) in [7, 11) is -9.90. The highest BCUT2D eigenvalue weighted by atomic mass is 31.2. The highest BCUT2D eigenvalue weighted by Crippen LogP contribution is 2.45. The molecule has 0 heterocycles. The third-order valence-electron chi connectivity index (χ3n) is 17.4. The lowest BCUT2D eigenvalue weighted by Gasteiger charge is -2.21. The van der Waals surface area contributed by atoms with Crippen LogP contribution in [0.4, 0.5) is 0 Å². The quantitative estimate of drug-likeness (QED) is 0.0222. The summed E-state index contributed by atoms with van der Waals surface area (Å²) in [5, 5.41) is 10.6. The summed E-state index contributed by atoms with van der Waals surface area (Å²) in [6.07, 6.45) is 58.2. The smallest absolute Gasteiger partial charge is 0.462 e. The molecule has 0 saturated heterocycles. The maximum Gasteiger partial charge on any atom is 0.472 e. The van der Waals surface area contributed by atoms with Crippen LogP contribution in [0.2, 0.25) is 0 Å². The van der Waals surface area contributed by atoms with Crippen molar-refractivity contribution >= 4 is 39.5 Å². The molecular weight excluding hydrogens is 1220 g/mol. The predicted molar refractivity (Wildman–Crippen MR) is 377 cm³/mol. The molecule has 0 radical (unpaired) electrons. The largest absolute Gasteiger partial charge is 0.472 e. The van der Waals surface area contributed by atoms with Gasteiger partial charge in [0.2, 0.25) is 0 Å². The van der Waals surface area contributed by atoms with Crippen LogP contribution in [-0.2, 0) is 65.4 Å². The van der Waals surface area contributed by atoms with Crippen LogP contribution in [0.1, 0.15) is 394 Å². The second-order valence-electron chi connectivity index (χ2n) is 26.7. The maximum absolute atomic E-state index is 13.1. The molecule has 0 aromatic rings. The predicted octanol–water partition coefficient (Wildman–Crippen LogP) is 21.8. The van der Waals surface area contributed by atoms with Crippen molar-refractivity contribution in [1.29, 1.82) is 0 Å². The Morgan fingerprint density at radius 3 is 0.634 bits per heavy atom. The standard InChI is InChI=1S/C74H144O17P2/c1-5-9-13-17-21-25-29-31-32-33-34-35-36-37-38-41-45-49-53-57-61-74(79)91-70(65-85-72(77)59-55-51-47-43-40-30-26-22-18-14-10-6-2)67-89-93(82,83)87-63-68(75)62-86-92(80,81)88-66-69(64-84-71(76)58-54-50-46-42-28-24-20-16-12-8-4)90-73(78)60-56-52-48-44-39-27-23-19-15-11-7-3/h68-70,75H,5-67H2,1-4H3,(H,80,81)(H,82,83)/t68-,69+,70+/m0/s1. The minimum Gasteiger partial charge on any atom is -0.462 e. The van der Waals surface area contributed by atoms with Crippen LogP contribution in [0.5, 0.6) is 0 Å². The summed E-state index contributed by atoms with van der Waals surface area (Å²) in [5.74, 6) is -2.11. The first kappa shape index (κ1) is 91.1. The number of aliphatic hydroxyl groups is 1. The van der Waals surface area contributed by atoms with Crippen molar-refractivity contribution in [2.45, 2.75) is 412 Å². The molecule has 0 bridgehead atoms. The van der Waals surface area contributed by atoms with E-state index in [2.05, 4.69) is 27.7 Å². The summed E-state index contributed by atoms with van der Waals surface area (Å²) in [4.78, 5) is 72.6. The minimum absolute atomic E-state index is 0.108. The molecular formula is C74H144O17P2. The van der Waals surface area contributed by atoms with Gasteiger partial charge in [-0.3, -0.25) is 37.3 Å². The maximum atomic E-state index is 13.1. The summed E-state index contributed by atoms with van der Waals surface area (Å²) in [6.45, 7) is 4.96. The Bertz CT molecular complexity index is 1770. The van der Waals surface area contributed by atoms with E-state index in [4.69, 9.17) is 37.0 Å². The van der Waals surface area contributed by atoms with E-state index in [9.17, 15) is 43.2 Å². The van der Waals surface area contributed by atoms with E-state index >= 15 is 0 Å². The SMILES string of the molecule is CCCCCCCCCCCCCCCCCCCCCCC(=O)O[C@H](COC(=O)CCCCCCCCCCCCCC)COP(=O)(O)OC[C@@H](O)COP(=O)(O)OC[C@@H](COC(=O)CCCCCCCCCCCC)OC(=O)CCCCCCCCCCCCC. The summed E-state index contributed by atoms with van der Waals surface area (Å²) in [5.41, 5.74) is 0. The molecule has 5 atom stereocenters. The monoisotopic (exact) mass is 1370 g/mol. The van der Waals surface area contributed by atoms with Gasteiger partial charge >= 0.3 is 39.5 Å². The second kappa shape index (κ2) is 68.6. The summed E-state index contributed by atoms with van der Waals surface area (Å²) in [6, 6.07) is 0. The number of hydrogen-bond acceptors (Lipinski definition) is 15. The highest BCUT2D eigenvalue weighted by Gasteiger charge is 2.30. The molecule has 17 nitrogen and oxygen atoms in total. The molecule has 0 aliphatic carbocycles. The Balaban J connectivity index is 5.19. The number of carbonyl (C=O) groups is 4. The Morgan fingerprint density at radius 2 is 0.430 bits per heavy atom. The normalized spacial score (nSPS) is 13.9. The molecule has 3 N–H and O–H groups in total. The van der Waals surface area contributed by atoms with Crippen LogP contribution in [-0.4, -0.2) is 96.7 Å². The van der Waals surface area contributed by atoms with Gasteiger partial charge in [-0.25, -0.2) is 9.13 Å². The third kappa shape index (κ3) is 68.4. The minimum atomic E-state index is -4.95. The topological polar surface area (TPSA) is 237 Å². The van der Waals surface area contributed by atoms with Crippen LogP contribution in [0, 0.1) is 0 Å². The van der Waals surface area contributed by atoms with Gasteiger partial charge in [-0.15, -0.1) is 0 Å². The van der Waals surface area contributed by atoms with E-state index in [1.165, 1.54) is 225 Å².